The van der Waals surface area contributed by atoms with Crippen LogP contribution >= 0.6 is 0 Å². The molecule has 0 fully saturated rings. The lowest BCUT2D eigenvalue weighted by Crippen LogP contribution is -2.28. The second-order valence-electron chi connectivity index (χ2n) is 6.14. The van der Waals surface area contributed by atoms with E-state index in [2.05, 4.69) is 59.8 Å². The highest BCUT2D eigenvalue weighted by Crippen LogP contribution is 2.30. The van der Waals surface area contributed by atoms with Crippen LogP contribution in [-0.4, -0.2) is 39.3 Å². The summed E-state index contributed by atoms with van der Waals surface area (Å²) in [5.41, 5.74) is 4.59. The number of rotatable bonds is 6. The van der Waals surface area contributed by atoms with E-state index in [0.717, 1.165) is 42.3 Å². The van der Waals surface area contributed by atoms with E-state index in [9.17, 15) is 0 Å². The van der Waals surface area contributed by atoms with E-state index in [4.69, 9.17) is 9.72 Å². The van der Waals surface area contributed by atoms with E-state index in [1.807, 2.05) is 19.2 Å². The first-order valence-electron chi connectivity index (χ1n) is 8.60. The Morgan fingerprint density at radius 3 is 2.72 bits per heavy atom. The third-order valence-electron chi connectivity index (χ3n) is 4.43. The first-order valence-corrected chi connectivity index (χ1v) is 8.60. The highest BCUT2D eigenvalue weighted by atomic mass is 16.5. The van der Waals surface area contributed by atoms with Crippen molar-refractivity contribution in [2.45, 2.75) is 6.42 Å². The van der Waals surface area contributed by atoms with Gasteiger partial charge >= 0.3 is 0 Å². The molecule has 130 valence electrons. The molecule has 25 heavy (non-hydrogen) atoms. The molecule has 0 unspecified atom stereocenters. The zero-order valence-electron chi connectivity index (χ0n) is 15.1. The van der Waals surface area contributed by atoms with Crippen molar-refractivity contribution in [2.75, 3.05) is 39.2 Å². The molecule has 0 spiro atoms. The van der Waals surface area contributed by atoms with Crippen LogP contribution in [0.15, 0.2) is 48.6 Å². The van der Waals surface area contributed by atoms with Crippen LogP contribution in [0.2, 0.25) is 0 Å². The maximum atomic E-state index is 5.26. The number of fused-ring (bicyclic) bond motifs is 1. The summed E-state index contributed by atoms with van der Waals surface area (Å²) in [4.78, 5) is 7.23. The van der Waals surface area contributed by atoms with Gasteiger partial charge in [-0.2, -0.15) is 0 Å². The second-order valence-corrected chi connectivity index (χ2v) is 6.14. The van der Waals surface area contributed by atoms with Crippen LogP contribution in [0.25, 0.3) is 17.3 Å². The number of nitrogens with one attached hydrogen (secondary N) is 1. The average Bonchev–Trinajstić information content (AvgIpc) is 2.90. The van der Waals surface area contributed by atoms with Gasteiger partial charge in [0.2, 0.25) is 0 Å². The highest BCUT2D eigenvalue weighted by Gasteiger charge is 2.15. The molecule has 1 N–H and O–H groups in total. The molecule has 4 nitrogen and oxygen atoms in total. The van der Waals surface area contributed by atoms with Crippen molar-refractivity contribution in [3.63, 3.8) is 0 Å². The molecule has 1 aliphatic rings. The quantitative estimate of drug-likeness (QED) is 0.876. The third kappa shape index (κ3) is 3.91. The molecule has 4 heteroatoms. The molecule has 1 aliphatic carbocycles. The van der Waals surface area contributed by atoms with Gasteiger partial charge in [-0.25, -0.2) is 4.98 Å². The predicted octanol–water partition coefficient (Wildman–Crippen LogP) is 3.54. The van der Waals surface area contributed by atoms with Gasteiger partial charge in [0.1, 0.15) is 11.6 Å². The number of pyridine rings is 1. The number of benzene rings is 1. The molecule has 2 aromatic rings. The number of hydrogen-bond acceptors (Lipinski definition) is 4. The highest BCUT2D eigenvalue weighted by molar-refractivity contribution is 5.72. The van der Waals surface area contributed by atoms with Gasteiger partial charge in [0.05, 0.1) is 12.8 Å². The fraction of sp³-hybridized carbons (Fsp3) is 0.286. The van der Waals surface area contributed by atoms with E-state index < -0.39 is 0 Å². The molecular weight excluding hydrogens is 310 g/mol. The summed E-state index contributed by atoms with van der Waals surface area (Å²) in [5.74, 6) is 1.91. The summed E-state index contributed by atoms with van der Waals surface area (Å²) in [7, 11) is 5.76. The van der Waals surface area contributed by atoms with Gasteiger partial charge in [-0.05, 0) is 49.4 Å². The van der Waals surface area contributed by atoms with Crippen molar-refractivity contribution >= 4 is 11.9 Å². The maximum absolute atomic E-state index is 5.26. The molecule has 0 aliphatic heterocycles. The number of likely N-dealkylation sites (N-methyl/N-ethyl adjacent to an activating group) is 2. The van der Waals surface area contributed by atoms with E-state index >= 15 is 0 Å². The van der Waals surface area contributed by atoms with Gasteiger partial charge in [-0.1, -0.05) is 24.3 Å². The lowest BCUT2D eigenvalue weighted by atomic mass is 10.0. The van der Waals surface area contributed by atoms with Gasteiger partial charge in [0, 0.05) is 31.3 Å². The van der Waals surface area contributed by atoms with E-state index in [-0.39, 0.29) is 0 Å². The molecule has 0 bridgehead atoms. The SMILES string of the molecule is CNCCN(C)c1nc(-c2ccc(OC)cc2)cc2c1CC=CC=C2. The van der Waals surface area contributed by atoms with Gasteiger partial charge in [-0.3, -0.25) is 0 Å². The lowest BCUT2D eigenvalue weighted by molar-refractivity contribution is 0.415. The average molecular weight is 335 g/mol. The number of nitrogens with zero attached hydrogens (tertiary/aromatic N) is 2. The monoisotopic (exact) mass is 335 g/mol. The molecule has 0 atom stereocenters. The summed E-state index contributed by atoms with van der Waals surface area (Å²) in [5, 5.41) is 3.21. The van der Waals surface area contributed by atoms with Crippen molar-refractivity contribution in [3.8, 4) is 17.0 Å². The number of methoxy groups -OCH3 is 1. The van der Waals surface area contributed by atoms with Gasteiger partial charge in [0.25, 0.3) is 0 Å². The number of allylic oxidation sites excluding steroid dienone is 3. The number of anilines is 1. The third-order valence-corrected chi connectivity index (χ3v) is 4.43. The van der Waals surface area contributed by atoms with Gasteiger partial charge < -0.3 is 15.0 Å². The Kier molecular flexibility index (Phi) is 5.51. The van der Waals surface area contributed by atoms with E-state index in [0.29, 0.717) is 0 Å². The summed E-state index contributed by atoms with van der Waals surface area (Å²) in [6.07, 6.45) is 9.46. The van der Waals surface area contributed by atoms with Crippen LogP contribution in [0.3, 0.4) is 0 Å². The van der Waals surface area contributed by atoms with E-state index in [1.54, 1.807) is 7.11 Å². The zero-order valence-corrected chi connectivity index (χ0v) is 15.1. The zero-order chi connectivity index (χ0) is 17.6. The molecule has 0 radical (unpaired) electrons. The first-order chi connectivity index (χ1) is 12.2. The normalized spacial score (nSPS) is 12.6. The molecule has 1 aromatic carbocycles. The standard InChI is InChI=1S/C21H25N3O/c1-22-13-14-24(2)21-19-8-6-4-5-7-17(19)15-20(23-21)16-9-11-18(25-3)12-10-16/h4-7,9-12,15,22H,8,13-14H2,1-3H3. The minimum Gasteiger partial charge on any atom is -0.497 e. The van der Waals surface area contributed by atoms with Gasteiger partial charge in [0.15, 0.2) is 0 Å². The van der Waals surface area contributed by atoms with Crippen molar-refractivity contribution in [3.05, 3.63) is 59.7 Å². The minimum absolute atomic E-state index is 0.856. The number of aromatic nitrogens is 1. The molecule has 1 heterocycles. The van der Waals surface area contributed by atoms with Gasteiger partial charge in [-0.15, -0.1) is 0 Å². The van der Waals surface area contributed by atoms with Crippen molar-refractivity contribution < 1.29 is 4.74 Å². The Bertz CT molecular complexity index is 778. The van der Waals surface area contributed by atoms with Crippen LogP contribution in [0.1, 0.15) is 11.1 Å². The van der Waals surface area contributed by atoms with Crippen LogP contribution in [0.4, 0.5) is 5.82 Å². The van der Waals surface area contributed by atoms with Crippen molar-refractivity contribution in [2.24, 2.45) is 0 Å². The van der Waals surface area contributed by atoms with E-state index in [1.165, 1.54) is 11.1 Å². The molecule has 1 aromatic heterocycles. The summed E-state index contributed by atoms with van der Waals surface area (Å²) in [6.45, 7) is 1.83. The minimum atomic E-state index is 0.856. The fourth-order valence-electron chi connectivity index (χ4n) is 2.97. The van der Waals surface area contributed by atoms with Crippen LogP contribution in [-0.2, 0) is 6.42 Å². The Morgan fingerprint density at radius 2 is 2.00 bits per heavy atom. The topological polar surface area (TPSA) is 37.4 Å². The molecule has 0 amide bonds. The number of hydrogen-bond donors (Lipinski definition) is 1. The summed E-state index contributed by atoms with van der Waals surface area (Å²) < 4.78 is 5.26. The Balaban J connectivity index is 2.05. The Labute approximate surface area is 149 Å². The second kappa shape index (κ2) is 7.99. The van der Waals surface area contributed by atoms with Crippen molar-refractivity contribution in [1.29, 1.82) is 0 Å². The van der Waals surface area contributed by atoms with Crippen molar-refractivity contribution in [1.82, 2.24) is 10.3 Å². The summed E-state index contributed by atoms with van der Waals surface area (Å²) in [6, 6.07) is 10.2. The fourth-order valence-corrected chi connectivity index (χ4v) is 2.97. The smallest absolute Gasteiger partial charge is 0.133 e. The Morgan fingerprint density at radius 1 is 1.20 bits per heavy atom. The van der Waals surface area contributed by atoms with Crippen LogP contribution < -0.4 is 15.0 Å². The molecule has 0 saturated carbocycles. The lowest BCUT2D eigenvalue weighted by Gasteiger charge is -2.23. The molecular formula is C21H25N3O. The Hall–Kier alpha value is -2.59. The largest absolute Gasteiger partial charge is 0.497 e. The summed E-state index contributed by atoms with van der Waals surface area (Å²) >= 11 is 0. The number of ether oxygens (including phenoxy) is 1. The van der Waals surface area contributed by atoms with Crippen LogP contribution in [0.5, 0.6) is 5.75 Å². The first kappa shape index (κ1) is 17.2. The van der Waals surface area contributed by atoms with Crippen LogP contribution in [0, 0.1) is 0 Å². The molecule has 3 rings (SSSR count). The predicted molar refractivity (Wildman–Crippen MR) is 105 cm³/mol. The molecule has 0 saturated heterocycles. The maximum Gasteiger partial charge on any atom is 0.133 e.